The third kappa shape index (κ3) is 10.9. The van der Waals surface area contributed by atoms with Crippen molar-refractivity contribution in [3.63, 3.8) is 0 Å². The van der Waals surface area contributed by atoms with Gasteiger partial charge in [0.05, 0.1) is 0 Å². The minimum Gasteiger partial charge on any atom is 0 e. The molecule has 0 atom stereocenters. The maximum Gasteiger partial charge on any atom is 0 e. The largest absolute Gasteiger partial charge is 0 e. The molecule has 0 bridgehead atoms. The Morgan fingerprint density at radius 1 is 1.71 bits per heavy atom. The summed E-state index contributed by atoms with van der Waals surface area (Å²) in [6.45, 7) is 3.78. The molecule has 0 aliphatic carbocycles. The van der Waals surface area contributed by atoms with E-state index in [1.165, 1.54) is 19.4 Å². The molecule has 0 saturated carbocycles. The molecule has 0 heterocycles. The van der Waals surface area contributed by atoms with Crippen molar-refractivity contribution in [2.45, 2.75) is 13.8 Å². The zero-order chi connectivity index (χ0) is 4.99. The number of hydrogen-bond donors (Lipinski definition) is 0. The van der Waals surface area contributed by atoms with E-state index in [-0.39, 0.29) is 18.6 Å². The number of aliphatic imine (C=N–C) groups is 1. The maximum atomic E-state index is 3.83. The third-order valence-electron chi connectivity index (χ3n) is 0.269. The molecule has 1 radical (unpaired) electrons. The Morgan fingerprint density at radius 2 is 2.14 bits per heavy atom. The summed E-state index contributed by atoms with van der Waals surface area (Å²) >= 11 is 1.42. The fourth-order valence-electron chi connectivity index (χ4n) is 0.157. The van der Waals surface area contributed by atoms with Gasteiger partial charge in [0.25, 0.3) is 0 Å². The average molecular weight is 303 g/mol. The van der Waals surface area contributed by atoms with Gasteiger partial charge in [-0.15, -0.1) is 0 Å². The van der Waals surface area contributed by atoms with Crippen LogP contribution in [-0.4, -0.2) is 10.2 Å². The van der Waals surface area contributed by atoms with E-state index in [0.717, 1.165) is 4.02 Å². The summed E-state index contributed by atoms with van der Waals surface area (Å²) in [7, 11) is 0. The molecule has 39 valence electrons. The monoisotopic (exact) mass is 303 g/mol. The minimum absolute atomic E-state index is 0. The van der Waals surface area contributed by atoms with E-state index in [9.17, 15) is 0 Å². The van der Waals surface area contributed by atoms with E-state index in [2.05, 4.69) is 11.2 Å². The molecule has 0 fully saturated rings. The summed E-state index contributed by atoms with van der Waals surface area (Å²) in [5.41, 5.74) is 0. The van der Waals surface area contributed by atoms with Crippen LogP contribution in [0.15, 0.2) is 4.99 Å². The Hall–Kier alpha value is 0.813. The van der Waals surface area contributed by atoms with Crippen LogP contribution in [0.5, 0.6) is 0 Å². The number of hydrogen-bond acceptors (Lipinski definition) is 1. The minimum atomic E-state index is 0. The second-order valence-corrected chi connectivity index (χ2v) is 2.98. The summed E-state index contributed by atoms with van der Waals surface area (Å²) in [4.78, 5) is 3.83. The first kappa shape index (κ1) is 10.7. The van der Waals surface area contributed by atoms with Gasteiger partial charge in [-0.3, -0.25) is 0 Å². The smallest absolute Gasteiger partial charge is 0 e. The van der Waals surface area contributed by atoms with Crippen LogP contribution in [0.25, 0.3) is 0 Å². The van der Waals surface area contributed by atoms with Gasteiger partial charge in [-0.1, -0.05) is 0 Å². The summed E-state index contributed by atoms with van der Waals surface area (Å²) < 4.78 is 1.14. The van der Waals surface area contributed by atoms with Crippen molar-refractivity contribution in [3.05, 3.63) is 0 Å². The van der Waals surface area contributed by atoms with Gasteiger partial charge >= 0.3 is 48.4 Å². The molecule has 0 unspecified atom stereocenters. The van der Waals surface area contributed by atoms with Crippen molar-refractivity contribution in [1.82, 2.24) is 0 Å². The van der Waals surface area contributed by atoms with Gasteiger partial charge in [-0.05, 0) is 0 Å². The van der Waals surface area contributed by atoms with Crippen molar-refractivity contribution in [3.8, 4) is 0 Å². The van der Waals surface area contributed by atoms with Gasteiger partial charge < -0.3 is 0 Å². The van der Waals surface area contributed by atoms with Gasteiger partial charge in [0.15, 0.2) is 0 Å². The Bertz CT molecular complexity index is 79.8. The molecule has 7 heavy (non-hydrogen) atoms. The Kier molecular flexibility index (Phi) is 10.4. The molecule has 0 aromatic rings. The van der Waals surface area contributed by atoms with Gasteiger partial charge in [-0.2, -0.15) is 0 Å². The Morgan fingerprint density at radius 3 is 2.14 bits per heavy atom. The van der Waals surface area contributed by atoms with Crippen LogP contribution in [0.4, 0.5) is 0 Å². The predicted octanol–water partition coefficient (Wildman–Crippen LogP) is 0.648. The molecule has 0 amide bonds. The van der Waals surface area contributed by atoms with Gasteiger partial charge in [0.2, 0.25) is 0 Å². The molecule has 0 aromatic carbocycles. The van der Waals surface area contributed by atoms with Crippen LogP contribution in [0.1, 0.15) is 13.8 Å². The molecule has 0 saturated heterocycles. The molecular formula is C4H6NVW-. The van der Waals surface area contributed by atoms with E-state index in [4.69, 9.17) is 0 Å². The summed E-state index contributed by atoms with van der Waals surface area (Å²) in [5.74, 6) is 0. The normalized spacial score (nSPS) is 8.29. The summed E-state index contributed by atoms with van der Waals surface area (Å²) in [6, 6.07) is 0. The SMILES string of the molecule is C[C-]=N[C](C)=[W].[V]. The standard InChI is InChI=1S/C4H6N.V.W/c1-3-5-4-2;;/h1-2H3;;/q-1;;. The van der Waals surface area contributed by atoms with Crippen molar-refractivity contribution in [2.75, 3.05) is 0 Å². The van der Waals surface area contributed by atoms with E-state index in [1.807, 2.05) is 6.92 Å². The fourth-order valence-corrected chi connectivity index (χ4v) is 0.485. The van der Waals surface area contributed by atoms with Crippen LogP contribution >= 0.6 is 0 Å². The predicted molar refractivity (Wildman–Crippen MR) is 23.8 cm³/mol. The van der Waals surface area contributed by atoms with Gasteiger partial charge in [0.1, 0.15) is 0 Å². The van der Waals surface area contributed by atoms with Crippen molar-refractivity contribution >= 4 is 10.2 Å². The maximum absolute atomic E-state index is 3.83. The van der Waals surface area contributed by atoms with Crippen molar-refractivity contribution in [2.24, 2.45) is 4.99 Å². The zero-order valence-electron chi connectivity index (χ0n) is 4.30. The fraction of sp³-hybridized carbons (Fsp3) is 0.500. The van der Waals surface area contributed by atoms with Crippen molar-refractivity contribution < 1.29 is 37.9 Å². The molecule has 0 N–H and O–H groups in total. The molecule has 1 nitrogen and oxygen atoms in total. The molecule has 0 aliphatic rings. The zero-order valence-corrected chi connectivity index (χ0v) is 8.63. The van der Waals surface area contributed by atoms with Gasteiger partial charge in [0, 0.05) is 18.6 Å². The van der Waals surface area contributed by atoms with Crippen molar-refractivity contribution in [1.29, 1.82) is 0 Å². The van der Waals surface area contributed by atoms with E-state index in [1.54, 1.807) is 6.92 Å². The number of nitrogens with zero attached hydrogens (tertiary/aromatic N) is 1. The van der Waals surface area contributed by atoms with E-state index in [0.29, 0.717) is 0 Å². The number of rotatable bonds is 1. The van der Waals surface area contributed by atoms with Crippen LogP contribution in [0, 0.1) is 0 Å². The molecule has 0 aliphatic heterocycles. The first-order chi connectivity index (χ1) is 2.77. The van der Waals surface area contributed by atoms with Crippen LogP contribution < -0.4 is 0 Å². The first-order valence-corrected chi connectivity index (χ1v) is 3.12. The average Bonchev–Trinajstić information content (AvgIpc) is 1.35. The Balaban J connectivity index is 0. The van der Waals surface area contributed by atoms with Crippen LogP contribution in [0.3, 0.4) is 0 Å². The topological polar surface area (TPSA) is 12.4 Å². The summed E-state index contributed by atoms with van der Waals surface area (Å²) in [6.07, 6.45) is 2.68. The molecule has 3 heteroatoms. The second-order valence-electron chi connectivity index (χ2n) is 0.854. The third-order valence-corrected chi connectivity index (χ3v) is 0.597. The van der Waals surface area contributed by atoms with Crippen LogP contribution in [-0.2, 0) is 37.9 Å². The van der Waals surface area contributed by atoms with Crippen LogP contribution in [0.2, 0.25) is 0 Å². The van der Waals surface area contributed by atoms with E-state index >= 15 is 0 Å². The Labute approximate surface area is 66.9 Å². The molecule has 0 aromatic heterocycles. The summed E-state index contributed by atoms with van der Waals surface area (Å²) in [5, 5.41) is 0. The van der Waals surface area contributed by atoms with E-state index < -0.39 is 0 Å². The van der Waals surface area contributed by atoms with Gasteiger partial charge in [-0.25, -0.2) is 0 Å². The first-order valence-electron chi connectivity index (χ1n) is 1.65. The molecule has 0 spiro atoms. The molecular weight excluding hydrogens is 297 g/mol. The second kappa shape index (κ2) is 6.81. The quantitative estimate of drug-likeness (QED) is 0.498. The molecule has 0 rings (SSSR count).